The number of carboxylic acids is 2. The summed E-state index contributed by atoms with van der Waals surface area (Å²) in [5, 5.41) is 26.5. The summed E-state index contributed by atoms with van der Waals surface area (Å²) < 4.78 is 0. The number of carbonyl (C=O) groups is 2. The number of nitrogen functional groups attached to an aromatic ring is 1. The number of carboxylic acid groups (broad SMARTS) is 2. The maximum absolute atomic E-state index is 10.6. The van der Waals surface area contributed by atoms with E-state index in [0.29, 0.717) is 11.3 Å². The molecule has 0 saturated heterocycles. The summed E-state index contributed by atoms with van der Waals surface area (Å²) in [4.78, 5) is 21.0. The Kier molecular flexibility index (Phi) is 4.06. The van der Waals surface area contributed by atoms with Crippen molar-refractivity contribution in [3.63, 3.8) is 0 Å². The molecule has 0 radical (unpaired) electrons. The molecule has 0 aliphatic carbocycles. The van der Waals surface area contributed by atoms with Gasteiger partial charge >= 0.3 is 11.9 Å². The van der Waals surface area contributed by atoms with Gasteiger partial charge in [0.15, 0.2) is 6.10 Å². The highest BCUT2D eigenvalue weighted by Gasteiger charge is 2.16. The summed E-state index contributed by atoms with van der Waals surface area (Å²) in [6, 6.07) is 4.35. The minimum Gasteiger partial charge on any atom is -0.481 e. The first-order chi connectivity index (χ1) is 7.90. The van der Waals surface area contributed by atoms with Crippen LogP contribution in [-0.2, 0) is 16.0 Å². The molecular weight excluding hydrogens is 226 g/mol. The smallest absolute Gasteiger partial charge is 0.337 e. The van der Waals surface area contributed by atoms with E-state index < -0.39 is 18.0 Å². The molecule has 0 aromatic heterocycles. The first-order valence-corrected chi connectivity index (χ1v) is 4.92. The van der Waals surface area contributed by atoms with Gasteiger partial charge in [-0.25, -0.2) is 4.79 Å². The molecule has 5 N–H and O–H groups in total. The SMILES string of the molecule is Nc1cc(CCC(=O)O)cc(C(O)C(=O)O)c1. The maximum Gasteiger partial charge on any atom is 0.337 e. The molecule has 0 aliphatic rings. The Bertz CT molecular complexity index is 443. The second-order valence-corrected chi connectivity index (χ2v) is 3.64. The van der Waals surface area contributed by atoms with Crippen LogP contribution in [0.25, 0.3) is 0 Å². The van der Waals surface area contributed by atoms with Crippen LogP contribution in [-0.4, -0.2) is 27.3 Å². The highest BCUT2D eigenvalue weighted by atomic mass is 16.4. The molecule has 6 heteroatoms. The van der Waals surface area contributed by atoms with Crippen molar-refractivity contribution in [2.75, 3.05) is 5.73 Å². The summed E-state index contributed by atoms with van der Waals surface area (Å²) in [7, 11) is 0. The molecule has 0 bridgehead atoms. The van der Waals surface area contributed by atoms with E-state index in [1.807, 2.05) is 0 Å². The van der Waals surface area contributed by atoms with Crippen LogP contribution in [0, 0.1) is 0 Å². The zero-order valence-corrected chi connectivity index (χ0v) is 8.96. The number of hydrogen-bond donors (Lipinski definition) is 4. The molecule has 0 fully saturated rings. The van der Waals surface area contributed by atoms with Crippen molar-refractivity contribution < 1.29 is 24.9 Å². The molecule has 0 heterocycles. The van der Waals surface area contributed by atoms with Crippen molar-refractivity contribution in [3.05, 3.63) is 29.3 Å². The van der Waals surface area contributed by atoms with E-state index in [0.717, 1.165) is 0 Å². The van der Waals surface area contributed by atoms with Crippen molar-refractivity contribution in [2.24, 2.45) is 0 Å². The molecular formula is C11H13NO5. The zero-order chi connectivity index (χ0) is 13.0. The number of benzene rings is 1. The Labute approximate surface area is 97.3 Å². The minimum absolute atomic E-state index is 0.0773. The van der Waals surface area contributed by atoms with Crippen molar-refractivity contribution in [3.8, 4) is 0 Å². The zero-order valence-electron chi connectivity index (χ0n) is 8.96. The highest BCUT2D eigenvalue weighted by molar-refractivity contribution is 5.74. The third-order valence-electron chi connectivity index (χ3n) is 2.21. The number of nitrogens with two attached hydrogens (primary N) is 1. The standard InChI is InChI=1S/C11H13NO5/c12-8-4-6(1-2-9(13)14)3-7(5-8)10(15)11(16)17/h3-5,10,15H,1-2,12H2,(H,13,14)(H,16,17). The van der Waals surface area contributed by atoms with E-state index in [9.17, 15) is 14.7 Å². The van der Waals surface area contributed by atoms with Crippen LogP contribution < -0.4 is 5.73 Å². The third kappa shape index (κ3) is 3.76. The summed E-state index contributed by atoms with van der Waals surface area (Å²) >= 11 is 0. The van der Waals surface area contributed by atoms with E-state index in [-0.39, 0.29) is 18.4 Å². The fraction of sp³-hybridized carbons (Fsp3) is 0.273. The lowest BCUT2D eigenvalue weighted by atomic mass is 10.0. The predicted molar refractivity (Wildman–Crippen MR) is 59.4 cm³/mol. The molecule has 1 aromatic rings. The molecule has 6 nitrogen and oxygen atoms in total. The third-order valence-corrected chi connectivity index (χ3v) is 2.21. The monoisotopic (exact) mass is 239 g/mol. The van der Waals surface area contributed by atoms with Gasteiger partial charge in [0, 0.05) is 12.1 Å². The molecule has 1 atom stereocenters. The van der Waals surface area contributed by atoms with Crippen LogP contribution in [0.2, 0.25) is 0 Å². The minimum atomic E-state index is -1.65. The Morgan fingerprint density at radius 2 is 1.88 bits per heavy atom. The van der Waals surface area contributed by atoms with E-state index in [1.54, 1.807) is 6.07 Å². The highest BCUT2D eigenvalue weighted by Crippen LogP contribution is 2.20. The first kappa shape index (κ1) is 13.0. The number of hydrogen-bond acceptors (Lipinski definition) is 4. The number of aliphatic hydroxyl groups is 1. The quantitative estimate of drug-likeness (QED) is 0.552. The Morgan fingerprint density at radius 1 is 1.24 bits per heavy atom. The van der Waals surface area contributed by atoms with Crippen LogP contribution in [0.4, 0.5) is 5.69 Å². The van der Waals surface area contributed by atoms with Gasteiger partial charge in [0.2, 0.25) is 0 Å². The van der Waals surface area contributed by atoms with Gasteiger partial charge < -0.3 is 21.1 Å². The lowest BCUT2D eigenvalue weighted by molar-refractivity contribution is -0.147. The van der Waals surface area contributed by atoms with Crippen LogP contribution in [0.3, 0.4) is 0 Å². The molecule has 0 saturated carbocycles. The Balaban J connectivity index is 2.93. The maximum atomic E-state index is 10.6. The van der Waals surface area contributed by atoms with Crippen molar-refractivity contribution in [1.29, 1.82) is 0 Å². The summed E-state index contributed by atoms with van der Waals surface area (Å²) in [5.74, 6) is -2.33. The van der Waals surface area contributed by atoms with Gasteiger partial charge in [-0.3, -0.25) is 4.79 Å². The summed E-state index contributed by atoms with van der Waals surface area (Å²) in [5.41, 5.74) is 6.58. The van der Waals surface area contributed by atoms with Gasteiger partial charge in [-0.15, -0.1) is 0 Å². The van der Waals surface area contributed by atoms with Gasteiger partial charge in [-0.05, 0) is 29.7 Å². The molecule has 1 rings (SSSR count). The summed E-state index contributed by atoms with van der Waals surface area (Å²) in [6.45, 7) is 0. The topological polar surface area (TPSA) is 121 Å². The number of aliphatic hydroxyl groups excluding tert-OH is 1. The molecule has 92 valence electrons. The van der Waals surface area contributed by atoms with Crippen molar-refractivity contribution in [1.82, 2.24) is 0 Å². The lowest BCUT2D eigenvalue weighted by Crippen LogP contribution is -2.11. The van der Waals surface area contributed by atoms with Crippen molar-refractivity contribution >= 4 is 17.6 Å². The van der Waals surface area contributed by atoms with E-state index in [4.69, 9.17) is 15.9 Å². The number of aliphatic carboxylic acids is 2. The van der Waals surface area contributed by atoms with Gasteiger partial charge in [0.25, 0.3) is 0 Å². The normalized spacial score (nSPS) is 12.1. The molecule has 0 spiro atoms. The van der Waals surface area contributed by atoms with Gasteiger partial charge in [-0.2, -0.15) is 0 Å². The molecule has 1 aromatic carbocycles. The predicted octanol–water partition coefficient (Wildman–Crippen LogP) is 0.404. The molecule has 17 heavy (non-hydrogen) atoms. The average Bonchev–Trinajstić information content (AvgIpc) is 2.24. The van der Waals surface area contributed by atoms with Gasteiger partial charge in [0.05, 0.1) is 0 Å². The van der Waals surface area contributed by atoms with Gasteiger partial charge in [-0.1, -0.05) is 6.07 Å². The molecule has 0 aliphatic heterocycles. The largest absolute Gasteiger partial charge is 0.481 e. The van der Waals surface area contributed by atoms with E-state index in [2.05, 4.69) is 0 Å². The lowest BCUT2D eigenvalue weighted by Gasteiger charge is -2.09. The van der Waals surface area contributed by atoms with Crippen LogP contribution >= 0.6 is 0 Å². The molecule has 0 amide bonds. The van der Waals surface area contributed by atoms with Gasteiger partial charge in [0.1, 0.15) is 0 Å². The Morgan fingerprint density at radius 3 is 2.41 bits per heavy atom. The van der Waals surface area contributed by atoms with Crippen LogP contribution in [0.15, 0.2) is 18.2 Å². The van der Waals surface area contributed by atoms with E-state index in [1.165, 1.54) is 12.1 Å². The van der Waals surface area contributed by atoms with E-state index >= 15 is 0 Å². The van der Waals surface area contributed by atoms with Crippen molar-refractivity contribution in [2.45, 2.75) is 18.9 Å². The average molecular weight is 239 g/mol. The molecule has 1 unspecified atom stereocenters. The number of aryl methyl sites for hydroxylation is 1. The second kappa shape index (κ2) is 5.31. The fourth-order valence-electron chi connectivity index (χ4n) is 1.44. The fourth-order valence-corrected chi connectivity index (χ4v) is 1.44. The summed E-state index contributed by atoms with van der Waals surface area (Å²) in [6.07, 6.45) is -1.49. The van der Waals surface area contributed by atoms with Crippen LogP contribution in [0.1, 0.15) is 23.7 Å². The Hall–Kier alpha value is -2.08. The number of anilines is 1. The van der Waals surface area contributed by atoms with Crippen LogP contribution in [0.5, 0.6) is 0 Å². The number of rotatable bonds is 5. The second-order valence-electron chi connectivity index (χ2n) is 3.64. The first-order valence-electron chi connectivity index (χ1n) is 4.92.